The Hall–Kier alpha value is -2.60. The minimum Gasteiger partial charge on any atom is -0.321 e. The van der Waals surface area contributed by atoms with Crippen LogP contribution < -0.4 is 5.32 Å². The van der Waals surface area contributed by atoms with Gasteiger partial charge in [-0.2, -0.15) is 10.2 Å². The lowest BCUT2D eigenvalue weighted by atomic mass is 10.1. The fourth-order valence-electron chi connectivity index (χ4n) is 2.65. The highest BCUT2D eigenvalue weighted by Crippen LogP contribution is 2.20. The van der Waals surface area contributed by atoms with Gasteiger partial charge in [-0.25, -0.2) is 0 Å². The first-order chi connectivity index (χ1) is 11.9. The Labute approximate surface area is 151 Å². The van der Waals surface area contributed by atoms with Gasteiger partial charge in [-0.15, -0.1) is 0 Å². The predicted molar refractivity (Wildman–Crippen MR) is 97.8 cm³/mol. The molecule has 2 heterocycles. The van der Waals surface area contributed by atoms with Gasteiger partial charge in [-0.1, -0.05) is 41.4 Å². The van der Waals surface area contributed by atoms with Crippen molar-refractivity contribution in [2.24, 2.45) is 0 Å². The van der Waals surface area contributed by atoms with Crippen LogP contribution in [-0.2, 0) is 17.9 Å². The summed E-state index contributed by atoms with van der Waals surface area (Å²) in [5.74, 6) is -0.166. The van der Waals surface area contributed by atoms with Crippen LogP contribution in [-0.4, -0.2) is 25.5 Å². The summed E-state index contributed by atoms with van der Waals surface area (Å²) >= 11 is 5.82. The molecule has 1 aromatic carbocycles. The first-order valence-corrected chi connectivity index (χ1v) is 8.37. The second-order valence-corrected chi connectivity index (χ2v) is 6.53. The van der Waals surface area contributed by atoms with Gasteiger partial charge in [0, 0.05) is 6.20 Å². The van der Waals surface area contributed by atoms with Crippen molar-refractivity contribution in [3.63, 3.8) is 0 Å². The largest absolute Gasteiger partial charge is 0.321 e. The minimum absolute atomic E-state index is 0.106. The number of carbonyl (C=O) groups excluding carboxylic acids is 1. The lowest BCUT2D eigenvalue weighted by molar-refractivity contribution is -0.116. The Bertz CT molecular complexity index is 895. The van der Waals surface area contributed by atoms with Crippen molar-refractivity contribution in [2.75, 3.05) is 5.32 Å². The molecule has 7 heteroatoms. The molecule has 25 heavy (non-hydrogen) atoms. The van der Waals surface area contributed by atoms with Gasteiger partial charge in [0.15, 0.2) is 0 Å². The summed E-state index contributed by atoms with van der Waals surface area (Å²) in [6, 6.07) is 8.34. The third-order valence-electron chi connectivity index (χ3n) is 4.01. The lowest BCUT2D eigenvalue weighted by Gasteiger charge is -2.08. The summed E-state index contributed by atoms with van der Waals surface area (Å²) in [5, 5.41) is 12.0. The second-order valence-electron chi connectivity index (χ2n) is 6.09. The molecular weight excluding hydrogens is 338 g/mol. The van der Waals surface area contributed by atoms with Gasteiger partial charge in [-0.3, -0.25) is 14.2 Å². The number of hydrogen-bond donors (Lipinski definition) is 1. The van der Waals surface area contributed by atoms with Crippen LogP contribution in [0.1, 0.15) is 22.5 Å². The van der Waals surface area contributed by atoms with Crippen LogP contribution in [0.3, 0.4) is 0 Å². The van der Waals surface area contributed by atoms with Gasteiger partial charge in [0.1, 0.15) is 6.54 Å². The van der Waals surface area contributed by atoms with Crippen molar-refractivity contribution in [1.82, 2.24) is 19.6 Å². The lowest BCUT2D eigenvalue weighted by Crippen LogP contribution is -2.19. The number of amides is 1. The number of benzene rings is 1. The number of nitrogens with one attached hydrogen (secondary N) is 1. The van der Waals surface area contributed by atoms with Crippen LogP contribution >= 0.6 is 11.6 Å². The Kier molecular flexibility index (Phi) is 4.90. The monoisotopic (exact) mass is 357 g/mol. The quantitative estimate of drug-likeness (QED) is 0.761. The standard InChI is InChI=1S/C18H20ClN5O/c1-12-4-6-15(7-5-12)9-24-14(3)18(13(2)22-24)21-17(25)11-23-10-16(19)8-20-23/h4-8,10H,9,11H2,1-3H3,(H,21,25). The van der Waals surface area contributed by atoms with Crippen molar-refractivity contribution in [2.45, 2.75) is 33.9 Å². The molecule has 6 nitrogen and oxygen atoms in total. The Morgan fingerprint density at radius 2 is 1.92 bits per heavy atom. The zero-order valence-electron chi connectivity index (χ0n) is 14.5. The molecule has 0 aliphatic carbocycles. The first-order valence-electron chi connectivity index (χ1n) is 7.99. The second kappa shape index (κ2) is 7.11. The number of nitrogens with zero attached hydrogens (tertiary/aromatic N) is 4. The molecule has 0 saturated heterocycles. The molecule has 0 spiro atoms. The maximum Gasteiger partial charge on any atom is 0.246 e. The summed E-state index contributed by atoms with van der Waals surface area (Å²) in [6.45, 7) is 6.67. The van der Waals surface area contributed by atoms with E-state index in [-0.39, 0.29) is 12.5 Å². The summed E-state index contributed by atoms with van der Waals surface area (Å²) in [5.41, 5.74) is 4.85. The Morgan fingerprint density at radius 3 is 2.56 bits per heavy atom. The minimum atomic E-state index is -0.166. The molecule has 1 amide bonds. The highest BCUT2D eigenvalue weighted by atomic mass is 35.5. The molecule has 0 radical (unpaired) electrons. The van der Waals surface area contributed by atoms with E-state index in [4.69, 9.17) is 11.6 Å². The summed E-state index contributed by atoms with van der Waals surface area (Å²) in [4.78, 5) is 12.2. The van der Waals surface area contributed by atoms with Crippen molar-refractivity contribution < 1.29 is 4.79 Å². The van der Waals surface area contributed by atoms with Crippen molar-refractivity contribution in [3.05, 3.63) is 64.2 Å². The van der Waals surface area contributed by atoms with Crippen LogP contribution in [0, 0.1) is 20.8 Å². The van der Waals surface area contributed by atoms with Crippen molar-refractivity contribution >= 4 is 23.2 Å². The molecule has 3 aromatic rings. The van der Waals surface area contributed by atoms with Gasteiger partial charge in [0.25, 0.3) is 0 Å². The number of aryl methyl sites for hydroxylation is 2. The highest BCUT2D eigenvalue weighted by Gasteiger charge is 2.15. The molecule has 0 aliphatic rings. The van der Waals surface area contributed by atoms with Crippen molar-refractivity contribution in [3.8, 4) is 0 Å². The van der Waals surface area contributed by atoms with Gasteiger partial charge in [-0.05, 0) is 26.3 Å². The third-order valence-corrected chi connectivity index (χ3v) is 4.20. The third kappa shape index (κ3) is 4.09. The van der Waals surface area contributed by atoms with E-state index in [2.05, 4.69) is 46.7 Å². The number of anilines is 1. The molecular formula is C18H20ClN5O. The molecule has 1 N–H and O–H groups in total. The number of aromatic nitrogens is 4. The van der Waals surface area contributed by atoms with Crippen LogP contribution in [0.25, 0.3) is 0 Å². The SMILES string of the molecule is Cc1ccc(Cn2nc(C)c(NC(=O)Cn3cc(Cl)cn3)c2C)cc1. The maximum atomic E-state index is 12.2. The van der Waals surface area contributed by atoms with Crippen LogP contribution in [0.5, 0.6) is 0 Å². The molecule has 0 saturated carbocycles. The maximum absolute atomic E-state index is 12.2. The summed E-state index contributed by atoms with van der Waals surface area (Å²) in [6.07, 6.45) is 3.12. The van der Waals surface area contributed by atoms with Gasteiger partial charge in [0.2, 0.25) is 5.91 Å². The average molecular weight is 358 g/mol. The Balaban J connectivity index is 1.72. The molecule has 0 atom stereocenters. The Morgan fingerprint density at radius 1 is 1.20 bits per heavy atom. The van der Waals surface area contributed by atoms with E-state index in [0.29, 0.717) is 11.6 Å². The zero-order chi connectivity index (χ0) is 18.0. The van der Waals surface area contributed by atoms with Gasteiger partial charge < -0.3 is 5.32 Å². The van der Waals surface area contributed by atoms with E-state index < -0.39 is 0 Å². The smallest absolute Gasteiger partial charge is 0.246 e. The molecule has 3 rings (SSSR count). The zero-order valence-corrected chi connectivity index (χ0v) is 15.2. The summed E-state index contributed by atoms with van der Waals surface area (Å²) in [7, 11) is 0. The number of hydrogen-bond acceptors (Lipinski definition) is 3. The first kappa shape index (κ1) is 17.2. The van der Waals surface area contributed by atoms with Crippen LogP contribution in [0.2, 0.25) is 5.02 Å². The van der Waals surface area contributed by atoms with E-state index >= 15 is 0 Å². The van der Waals surface area contributed by atoms with Gasteiger partial charge in [0.05, 0.1) is 34.8 Å². The number of carbonyl (C=O) groups is 1. The van der Waals surface area contributed by atoms with Crippen molar-refractivity contribution in [1.29, 1.82) is 0 Å². The number of halogens is 1. The van der Waals surface area contributed by atoms with E-state index in [1.165, 1.54) is 22.0 Å². The highest BCUT2D eigenvalue weighted by molar-refractivity contribution is 6.30. The molecule has 2 aromatic heterocycles. The summed E-state index contributed by atoms with van der Waals surface area (Å²) < 4.78 is 3.40. The fraction of sp³-hybridized carbons (Fsp3) is 0.278. The van der Waals surface area contributed by atoms with Gasteiger partial charge >= 0.3 is 0 Å². The van der Waals surface area contributed by atoms with E-state index in [1.807, 2.05) is 18.5 Å². The molecule has 130 valence electrons. The van der Waals surface area contributed by atoms with E-state index in [1.54, 1.807) is 6.20 Å². The molecule has 0 bridgehead atoms. The fourth-order valence-corrected chi connectivity index (χ4v) is 2.81. The normalized spacial score (nSPS) is 10.9. The topological polar surface area (TPSA) is 64.7 Å². The predicted octanol–water partition coefficient (Wildman–Crippen LogP) is 3.35. The molecule has 0 aliphatic heterocycles. The number of rotatable bonds is 5. The van der Waals surface area contributed by atoms with E-state index in [0.717, 1.165) is 17.1 Å². The molecule has 0 fully saturated rings. The molecule has 0 unspecified atom stereocenters. The average Bonchev–Trinajstić information content (AvgIpc) is 3.08. The van der Waals surface area contributed by atoms with E-state index in [9.17, 15) is 4.79 Å². The van der Waals surface area contributed by atoms with Crippen LogP contribution in [0.15, 0.2) is 36.7 Å². The van der Waals surface area contributed by atoms with Crippen LogP contribution in [0.4, 0.5) is 5.69 Å².